The molecule has 1 aromatic heterocycles. The van der Waals surface area contributed by atoms with Crippen LogP contribution in [0.5, 0.6) is 5.75 Å². The van der Waals surface area contributed by atoms with Crippen LogP contribution in [-0.2, 0) is 6.61 Å². The van der Waals surface area contributed by atoms with Gasteiger partial charge in [-0.3, -0.25) is 5.43 Å². The summed E-state index contributed by atoms with van der Waals surface area (Å²) in [6.07, 6.45) is 1.75. The number of halogens is 1. The number of nitrogens with two attached hydrogens (primary N) is 1. The largest absolute Gasteiger partial charge is 0.487 e. The summed E-state index contributed by atoms with van der Waals surface area (Å²) in [6, 6.07) is 3.78. The van der Waals surface area contributed by atoms with Crippen molar-refractivity contribution in [3.8, 4) is 5.75 Å². The average molecular weight is 284 g/mol. The van der Waals surface area contributed by atoms with Gasteiger partial charge in [0.1, 0.15) is 12.4 Å². The Morgan fingerprint density at radius 2 is 2.06 bits per heavy atom. The second kappa shape index (κ2) is 5.56. The molecule has 1 heterocycles. The minimum absolute atomic E-state index is 0.475. The maximum absolute atomic E-state index is 5.98. The summed E-state index contributed by atoms with van der Waals surface area (Å²) in [5.41, 5.74) is 4.57. The van der Waals surface area contributed by atoms with E-state index in [1.807, 2.05) is 26.0 Å². The third kappa shape index (κ3) is 2.93. The lowest BCUT2D eigenvalue weighted by atomic mass is 10.1. The summed E-state index contributed by atoms with van der Waals surface area (Å²) in [5, 5.41) is 1.41. The molecule has 0 amide bonds. The Morgan fingerprint density at radius 3 is 2.61 bits per heavy atom. The van der Waals surface area contributed by atoms with Crippen molar-refractivity contribution >= 4 is 28.1 Å². The van der Waals surface area contributed by atoms with Gasteiger partial charge in [0.15, 0.2) is 5.13 Å². The molecule has 2 rings (SSSR count). The second-order valence-electron chi connectivity index (χ2n) is 3.93. The first-order chi connectivity index (χ1) is 8.60. The van der Waals surface area contributed by atoms with Gasteiger partial charge >= 0.3 is 0 Å². The highest BCUT2D eigenvalue weighted by molar-refractivity contribution is 7.15. The van der Waals surface area contributed by atoms with E-state index in [0.717, 1.165) is 26.8 Å². The lowest BCUT2D eigenvalue weighted by Gasteiger charge is -2.11. The second-order valence-corrected chi connectivity index (χ2v) is 5.49. The summed E-state index contributed by atoms with van der Waals surface area (Å²) < 4.78 is 5.81. The Morgan fingerprint density at radius 1 is 1.39 bits per heavy atom. The van der Waals surface area contributed by atoms with Gasteiger partial charge in [-0.2, -0.15) is 0 Å². The van der Waals surface area contributed by atoms with Gasteiger partial charge in [-0.25, -0.2) is 10.8 Å². The minimum Gasteiger partial charge on any atom is -0.487 e. The van der Waals surface area contributed by atoms with Crippen LogP contribution in [0.15, 0.2) is 18.3 Å². The summed E-state index contributed by atoms with van der Waals surface area (Å²) in [4.78, 5) is 5.10. The Balaban J connectivity index is 2.10. The number of hydrogen-bond acceptors (Lipinski definition) is 5. The standard InChI is InChI=1S/C12H14ClN3OS/c1-7-3-9(13)4-8(2)11(7)17-6-10-5-15-12(16-14)18-10/h3-5H,6,14H2,1-2H3,(H,15,16). The maximum Gasteiger partial charge on any atom is 0.197 e. The van der Waals surface area contributed by atoms with Gasteiger partial charge in [-0.15, -0.1) is 0 Å². The third-order valence-corrected chi connectivity index (χ3v) is 3.58. The van der Waals surface area contributed by atoms with E-state index in [4.69, 9.17) is 22.2 Å². The van der Waals surface area contributed by atoms with E-state index in [1.165, 1.54) is 11.3 Å². The van der Waals surface area contributed by atoms with Crippen molar-refractivity contribution in [3.05, 3.63) is 39.4 Å². The first-order valence-electron chi connectivity index (χ1n) is 5.41. The molecule has 0 saturated carbocycles. The topological polar surface area (TPSA) is 60.2 Å². The average Bonchev–Trinajstić information content (AvgIpc) is 2.75. The molecule has 0 saturated heterocycles. The Kier molecular flexibility index (Phi) is 4.06. The quantitative estimate of drug-likeness (QED) is 0.668. The predicted molar refractivity (Wildman–Crippen MR) is 75.2 cm³/mol. The highest BCUT2D eigenvalue weighted by atomic mass is 35.5. The lowest BCUT2D eigenvalue weighted by Crippen LogP contribution is -2.05. The van der Waals surface area contributed by atoms with Gasteiger partial charge in [-0.1, -0.05) is 22.9 Å². The zero-order valence-corrected chi connectivity index (χ0v) is 11.7. The number of hydrazine groups is 1. The molecule has 0 atom stereocenters. The number of nitrogens with one attached hydrogen (secondary N) is 1. The molecule has 0 bridgehead atoms. The van der Waals surface area contributed by atoms with Crippen LogP contribution in [0.4, 0.5) is 5.13 Å². The molecule has 1 aromatic carbocycles. The van der Waals surface area contributed by atoms with Crippen LogP contribution in [0.25, 0.3) is 0 Å². The number of benzene rings is 1. The van der Waals surface area contributed by atoms with E-state index in [2.05, 4.69) is 10.4 Å². The van der Waals surface area contributed by atoms with Crippen molar-refractivity contribution in [1.82, 2.24) is 4.98 Å². The molecule has 0 aliphatic rings. The van der Waals surface area contributed by atoms with Crippen LogP contribution < -0.4 is 16.0 Å². The van der Waals surface area contributed by atoms with E-state index >= 15 is 0 Å². The van der Waals surface area contributed by atoms with E-state index in [1.54, 1.807) is 6.20 Å². The third-order valence-electron chi connectivity index (χ3n) is 2.46. The number of hydrogen-bond donors (Lipinski definition) is 2. The van der Waals surface area contributed by atoms with Crippen LogP contribution >= 0.6 is 22.9 Å². The summed E-state index contributed by atoms with van der Waals surface area (Å²) in [5.74, 6) is 6.15. The first-order valence-corrected chi connectivity index (χ1v) is 6.60. The molecule has 3 N–H and O–H groups in total. The van der Waals surface area contributed by atoms with Gasteiger partial charge in [0, 0.05) is 11.2 Å². The highest BCUT2D eigenvalue weighted by Crippen LogP contribution is 2.28. The zero-order valence-electron chi connectivity index (χ0n) is 10.2. The predicted octanol–water partition coefficient (Wildman–Crippen LogP) is 3.28. The molecule has 0 aliphatic heterocycles. The van der Waals surface area contributed by atoms with E-state index in [0.29, 0.717) is 11.7 Å². The Hall–Kier alpha value is -1.30. The van der Waals surface area contributed by atoms with Crippen molar-refractivity contribution in [2.24, 2.45) is 5.84 Å². The Bertz CT molecular complexity index is 533. The normalized spacial score (nSPS) is 10.4. The maximum atomic E-state index is 5.98. The van der Waals surface area contributed by atoms with Gasteiger partial charge in [0.05, 0.1) is 4.88 Å². The van der Waals surface area contributed by atoms with Crippen molar-refractivity contribution in [2.75, 3.05) is 5.43 Å². The first kappa shape index (κ1) is 13.1. The zero-order chi connectivity index (χ0) is 13.1. The minimum atomic E-state index is 0.475. The van der Waals surface area contributed by atoms with E-state index in [-0.39, 0.29) is 0 Å². The van der Waals surface area contributed by atoms with Crippen molar-refractivity contribution in [1.29, 1.82) is 0 Å². The highest BCUT2D eigenvalue weighted by Gasteiger charge is 2.07. The van der Waals surface area contributed by atoms with Crippen LogP contribution in [0.2, 0.25) is 5.02 Å². The fraction of sp³-hybridized carbons (Fsp3) is 0.250. The van der Waals surface area contributed by atoms with Gasteiger partial charge in [0.25, 0.3) is 0 Å². The van der Waals surface area contributed by atoms with Crippen molar-refractivity contribution in [3.63, 3.8) is 0 Å². The van der Waals surface area contributed by atoms with Crippen molar-refractivity contribution in [2.45, 2.75) is 20.5 Å². The number of rotatable bonds is 4. The smallest absolute Gasteiger partial charge is 0.197 e. The summed E-state index contributed by atoms with van der Waals surface area (Å²) in [7, 11) is 0. The van der Waals surface area contributed by atoms with Crippen LogP contribution in [0.1, 0.15) is 16.0 Å². The molecule has 96 valence electrons. The molecule has 2 aromatic rings. The van der Waals surface area contributed by atoms with Gasteiger partial charge < -0.3 is 4.74 Å². The van der Waals surface area contributed by atoms with Crippen LogP contribution in [-0.4, -0.2) is 4.98 Å². The fourth-order valence-electron chi connectivity index (χ4n) is 1.71. The molecular formula is C12H14ClN3OS. The molecule has 0 spiro atoms. The fourth-order valence-corrected chi connectivity index (χ4v) is 2.67. The molecular weight excluding hydrogens is 270 g/mol. The summed E-state index contributed by atoms with van der Waals surface area (Å²) in [6.45, 7) is 4.43. The molecule has 0 aliphatic carbocycles. The number of aryl methyl sites for hydroxylation is 2. The molecule has 0 unspecified atom stereocenters. The van der Waals surface area contributed by atoms with Gasteiger partial charge in [-0.05, 0) is 37.1 Å². The van der Waals surface area contributed by atoms with E-state index < -0.39 is 0 Å². The molecule has 18 heavy (non-hydrogen) atoms. The number of thiazole rings is 1. The van der Waals surface area contributed by atoms with Crippen molar-refractivity contribution < 1.29 is 4.74 Å². The van der Waals surface area contributed by atoms with E-state index in [9.17, 15) is 0 Å². The molecule has 0 fully saturated rings. The summed E-state index contributed by atoms with van der Waals surface area (Å²) >= 11 is 7.44. The monoisotopic (exact) mass is 283 g/mol. The number of nitrogens with zero attached hydrogens (tertiary/aromatic N) is 1. The number of ether oxygens (including phenoxy) is 1. The number of anilines is 1. The molecule has 0 radical (unpaired) electrons. The molecule has 6 heteroatoms. The Labute approximate surface area is 115 Å². The molecule has 4 nitrogen and oxygen atoms in total. The number of aromatic nitrogens is 1. The van der Waals surface area contributed by atoms with Gasteiger partial charge in [0.2, 0.25) is 0 Å². The lowest BCUT2D eigenvalue weighted by molar-refractivity contribution is 0.305. The van der Waals surface area contributed by atoms with Crippen LogP contribution in [0, 0.1) is 13.8 Å². The van der Waals surface area contributed by atoms with Crippen LogP contribution in [0.3, 0.4) is 0 Å². The SMILES string of the molecule is Cc1cc(Cl)cc(C)c1OCc1cnc(NN)s1. The number of nitrogen functional groups attached to an aromatic ring is 1.